The number of unbranched alkanes of at least 4 members (excludes halogenated alkanes) is 18. The topological polar surface area (TPSA) is 0 Å². The van der Waals surface area contributed by atoms with E-state index in [0.29, 0.717) is 0 Å². The minimum atomic E-state index is -0.100. The molecule has 36 heavy (non-hydrogen) atoms. The molecule has 0 amide bonds. The maximum absolute atomic E-state index is 2.48. The Kier molecular flexibility index (Phi) is 20.3. The van der Waals surface area contributed by atoms with Crippen LogP contribution in [0.1, 0.15) is 142 Å². The zero-order valence-corrected chi connectivity index (χ0v) is 28.6. The molecule has 2 aromatic heterocycles. The van der Waals surface area contributed by atoms with Crippen LogP contribution < -0.4 is 10.4 Å². The first-order valence-electron chi connectivity index (χ1n) is 16.0. The summed E-state index contributed by atoms with van der Waals surface area (Å²) >= 11 is 4.06. The molecule has 0 saturated heterocycles. The summed E-state index contributed by atoms with van der Waals surface area (Å²) in [5.74, 6) is 0. The summed E-state index contributed by atoms with van der Waals surface area (Å²) in [6.45, 7) is 4.62. The van der Waals surface area contributed by atoms with Crippen LogP contribution in [0.2, 0.25) is 12.1 Å². The highest BCUT2D eigenvalue weighted by Gasteiger charge is 2.13. The van der Waals surface area contributed by atoms with Gasteiger partial charge in [0.1, 0.15) is 0 Å². The van der Waals surface area contributed by atoms with Crippen molar-refractivity contribution in [2.45, 2.75) is 154 Å². The normalized spacial score (nSPS) is 12.2. The largest absolute Gasteiger partial charge is 0.143 e. The van der Waals surface area contributed by atoms with Crippen LogP contribution in [0.5, 0.6) is 0 Å². The van der Waals surface area contributed by atoms with E-state index in [2.05, 4.69) is 36.7 Å². The molecule has 0 radical (unpaired) electrons. The van der Waals surface area contributed by atoms with E-state index in [1.54, 1.807) is 20.1 Å². The van der Waals surface area contributed by atoms with E-state index in [1.165, 1.54) is 141 Å². The first-order valence-corrected chi connectivity index (χ1v) is 21.2. The lowest BCUT2D eigenvalue weighted by Crippen LogP contribution is -2.18. The zero-order chi connectivity index (χ0) is 25.5. The van der Waals surface area contributed by atoms with Crippen LogP contribution in [0.3, 0.4) is 0 Å². The molecule has 0 atom stereocenters. The second kappa shape index (κ2) is 22.8. The molecule has 4 heteroatoms. The van der Waals surface area contributed by atoms with Crippen LogP contribution in [0.15, 0.2) is 22.9 Å². The van der Waals surface area contributed by atoms with Crippen molar-refractivity contribution in [3.63, 3.8) is 0 Å². The maximum Gasteiger partial charge on any atom is 0.0567 e. The molecule has 0 aromatic carbocycles. The lowest BCUT2D eigenvalue weighted by atomic mass is 10.1. The summed E-state index contributed by atoms with van der Waals surface area (Å²) in [6.07, 6.45) is 29.1. The van der Waals surface area contributed by atoms with Crippen molar-refractivity contribution in [2.75, 3.05) is 0 Å². The van der Waals surface area contributed by atoms with E-state index in [4.69, 9.17) is 0 Å². The fourth-order valence-electron chi connectivity index (χ4n) is 5.42. The Morgan fingerprint density at radius 2 is 0.750 bits per heavy atom. The van der Waals surface area contributed by atoms with Gasteiger partial charge in [0.2, 0.25) is 0 Å². The van der Waals surface area contributed by atoms with Gasteiger partial charge < -0.3 is 0 Å². The average molecular weight is 563 g/mol. The number of hydrogen-bond acceptors (Lipinski definition) is 2. The predicted molar refractivity (Wildman–Crippen MR) is 177 cm³/mol. The van der Waals surface area contributed by atoms with E-state index in [-0.39, 0.29) is 19.0 Å². The van der Waals surface area contributed by atoms with Gasteiger partial charge >= 0.3 is 0 Å². The van der Waals surface area contributed by atoms with Crippen molar-refractivity contribution in [1.29, 1.82) is 0 Å². The number of hydrogen-bond donors (Lipinski definition) is 0. The standard InChI is InChI=1S/C32H58S2Si2/c1-3-5-7-9-11-13-15-17-19-21-27-35-29-23-25-33-31(29)32-30(24-26-34-32)36-28-22-20-18-16-14-12-10-8-6-4-2/h23-26H,3-22,27-28,35-36H2,1-2H3. The molecule has 0 aliphatic rings. The highest BCUT2D eigenvalue weighted by atomic mass is 32.1. The summed E-state index contributed by atoms with van der Waals surface area (Å²) in [7, 11) is -0.201. The Hall–Kier alpha value is -0.166. The molecule has 0 nitrogen and oxygen atoms in total. The van der Waals surface area contributed by atoms with Gasteiger partial charge in [-0.05, 0) is 21.1 Å². The third-order valence-corrected chi connectivity index (χ3v) is 14.4. The summed E-state index contributed by atoms with van der Waals surface area (Å²) in [6, 6.07) is 7.99. The summed E-state index contributed by atoms with van der Waals surface area (Å²) in [5.41, 5.74) is 0. The van der Waals surface area contributed by atoms with E-state index >= 15 is 0 Å². The molecule has 0 unspecified atom stereocenters. The fourth-order valence-corrected chi connectivity index (χ4v) is 12.4. The smallest absolute Gasteiger partial charge is 0.0567 e. The monoisotopic (exact) mass is 562 g/mol. The zero-order valence-electron chi connectivity index (χ0n) is 24.1. The Balaban J connectivity index is 1.56. The van der Waals surface area contributed by atoms with Crippen molar-refractivity contribution in [3.05, 3.63) is 22.9 Å². The molecule has 2 heterocycles. The van der Waals surface area contributed by atoms with Crippen molar-refractivity contribution in [1.82, 2.24) is 0 Å². The Labute approximate surface area is 238 Å². The van der Waals surface area contributed by atoms with Gasteiger partial charge in [0.05, 0.1) is 19.0 Å². The quantitative estimate of drug-likeness (QED) is 0.0834. The molecule has 0 N–H and O–H groups in total. The van der Waals surface area contributed by atoms with Gasteiger partial charge in [0.25, 0.3) is 0 Å². The second-order valence-electron chi connectivity index (χ2n) is 11.1. The molecule has 0 spiro atoms. The van der Waals surface area contributed by atoms with Gasteiger partial charge in [-0.15, -0.1) is 22.7 Å². The van der Waals surface area contributed by atoms with Gasteiger partial charge in [0, 0.05) is 9.75 Å². The number of thiophene rings is 2. The third kappa shape index (κ3) is 14.7. The van der Waals surface area contributed by atoms with Gasteiger partial charge in [-0.3, -0.25) is 0 Å². The molecular formula is C32H58S2Si2. The molecule has 0 bridgehead atoms. The molecule has 2 aromatic rings. The van der Waals surface area contributed by atoms with Gasteiger partial charge in [-0.1, -0.05) is 166 Å². The molecule has 0 fully saturated rings. The summed E-state index contributed by atoms with van der Waals surface area (Å²) in [5, 5.41) is 8.30. The van der Waals surface area contributed by atoms with Gasteiger partial charge in [-0.25, -0.2) is 0 Å². The first-order chi connectivity index (χ1) is 17.9. The van der Waals surface area contributed by atoms with Crippen molar-refractivity contribution in [2.24, 2.45) is 0 Å². The molecule has 2 rings (SSSR count). The van der Waals surface area contributed by atoms with Crippen LogP contribution in [0, 0.1) is 0 Å². The summed E-state index contributed by atoms with van der Waals surface area (Å²) in [4.78, 5) is 3.35. The SMILES string of the molecule is CCCCCCCCCCCC[SiH2]c1ccsc1-c1sccc1[SiH2]CCCCCCCCCCCC. The number of rotatable bonds is 25. The molecule has 0 saturated carbocycles. The molecule has 0 aliphatic heterocycles. The van der Waals surface area contributed by atoms with Crippen LogP contribution in [0.25, 0.3) is 9.75 Å². The lowest BCUT2D eigenvalue weighted by Gasteiger charge is -2.06. The van der Waals surface area contributed by atoms with Crippen LogP contribution in [-0.4, -0.2) is 19.0 Å². The second-order valence-corrected chi connectivity index (χ2v) is 16.9. The van der Waals surface area contributed by atoms with Crippen molar-refractivity contribution < 1.29 is 0 Å². The Morgan fingerprint density at radius 3 is 1.08 bits per heavy atom. The minimum absolute atomic E-state index is 0.100. The van der Waals surface area contributed by atoms with E-state index in [0.717, 1.165) is 0 Å². The third-order valence-electron chi connectivity index (χ3n) is 7.80. The van der Waals surface area contributed by atoms with Crippen LogP contribution >= 0.6 is 22.7 Å². The van der Waals surface area contributed by atoms with E-state index < -0.39 is 0 Å². The van der Waals surface area contributed by atoms with Gasteiger partial charge in [-0.2, -0.15) is 0 Å². The first kappa shape index (κ1) is 32.0. The Bertz CT molecular complexity index is 674. The summed E-state index contributed by atoms with van der Waals surface area (Å²) < 4.78 is 0. The highest BCUT2D eigenvalue weighted by molar-refractivity contribution is 7.22. The minimum Gasteiger partial charge on any atom is -0.143 e. The van der Waals surface area contributed by atoms with E-state index in [1.807, 2.05) is 22.7 Å². The highest BCUT2D eigenvalue weighted by Crippen LogP contribution is 2.26. The lowest BCUT2D eigenvalue weighted by molar-refractivity contribution is 0.562. The van der Waals surface area contributed by atoms with Crippen LogP contribution in [-0.2, 0) is 0 Å². The Morgan fingerprint density at radius 1 is 0.444 bits per heavy atom. The average Bonchev–Trinajstić information content (AvgIpc) is 3.55. The van der Waals surface area contributed by atoms with Crippen molar-refractivity contribution in [3.8, 4) is 9.75 Å². The molecule has 206 valence electrons. The molecular weight excluding hydrogens is 505 g/mol. The predicted octanol–water partition coefficient (Wildman–Crippen LogP) is 9.74. The van der Waals surface area contributed by atoms with E-state index in [9.17, 15) is 0 Å². The van der Waals surface area contributed by atoms with Gasteiger partial charge in [0.15, 0.2) is 0 Å². The van der Waals surface area contributed by atoms with Crippen LogP contribution in [0.4, 0.5) is 0 Å². The molecule has 0 aliphatic carbocycles. The fraction of sp³-hybridized carbons (Fsp3) is 0.750. The van der Waals surface area contributed by atoms with Crippen molar-refractivity contribution >= 4 is 52.1 Å². The maximum atomic E-state index is 2.48.